The van der Waals surface area contributed by atoms with Crippen molar-refractivity contribution in [3.63, 3.8) is 0 Å². The van der Waals surface area contributed by atoms with E-state index in [1.807, 2.05) is 24.3 Å². The molecule has 8 nitrogen and oxygen atoms in total. The van der Waals surface area contributed by atoms with Gasteiger partial charge in [-0.1, -0.05) is 21.0 Å². The minimum atomic E-state index is -3.51. The maximum atomic E-state index is 12.6. The predicted molar refractivity (Wildman–Crippen MR) is 110 cm³/mol. The molecule has 0 aliphatic carbocycles. The fourth-order valence-corrected chi connectivity index (χ4v) is 4.79. The van der Waals surface area contributed by atoms with E-state index in [1.165, 1.54) is 28.6 Å². The second-order valence-corrected chi connectivity index (χ2v) is 9.36. The molecule has 3 aromatic rings. The molecule has 1 N–H and O–H groups in total. The molecule has 0 bridgehead atoms. The highest BCUT2D eigenvalue weighted by atomic mass is 79.9. The first kappa shape index (κ1) is 19.7. The summed E-state index contributed by atoms with van der Waals surface area (Å²) in [6.45, 7) is 1.06. The molecule has 29 heavy (non-hydrogen) atoms. The van der Waals surface area contributed by atoms with Gasteiger partial charge >= 0.3 is 6.01 Å². The molecular weight excluding hydrogens is 460 g/mol. The molecule has 2 aromatic carbocycles. The first-order valence-corrected chi connectivity index (χ1v) is 11.2. The van der Waals surface area contributed by atoms with E-state index < -0.39 is 15.9 Å². The number of hydrogen-bond acceptors (Lipinski definition) is 6. The van der Waals surface area contributed by atoms with Crippen molar-refractivity contribution in [3.8, 4) is 11.5 Å². The number of amides is 1. The summed E-state index contributed by atoms with van der Waals surface area (Å²) in [5.74, 6) is -0.194. The summed E-state index contributed by atoms with van der Waals surface area (Å²) in [7, 11) is -3.51. The zero-order chi connectivity index (χ0) is 20.4. The molecule has 1 aromatic heterocycles. The fraction of sp³-hybridized carbons (Fsp3) is 0.211. The highest BCUT2D eigenvalue weighted by Crippen LogP contribution is 2.23. The van der Waals surface area contributed by atoms with Crippen molar-refractivity contribution in [1.29, 1.82) is 0 Å². The number of hydrogen-bond donors (Lipinski definition) is 1. The zero-order valence-electron chi connectivity index (χ0n) is 15.2. The van der Waals surface area contributed by atoms with Crippen LogP contribution in [0.2, 0.25) is 0 Å². The van der Waals surface area contributed by atoms with Crippen LogP contribution in [0.5, 0.6) is 0 Å². The maximum absolute atomic E-state index is 12.6. The lowest BCUT2D eigenvalue weighted by Gasteiger charge is -2.15. The topological polar surface area (TPSA) is 105 Å². The van der Waals surface area contributed by atoms with Crippen molar-refractivity contribution in [2.45, 2.75) is 17.7 Å². The molecule has 0 radical (unpaired) electrons. The van der Waals surface area contributed by atoms with Gasteiger partial charge in [-0.05, 0) is 61.4 Å². The number of anilines is 1. The summed E-state index contributed by atoms with van der Waals surface area (Å²) in [6.07, 6.45) is 1.73. The number of nitrogens with one attached hydrogen (secondary N) is 1. The van der Waals surface area contributed by atoms with E-state index in [9.17, 15) is 13.2 Å². The average molecular weight is 477 g/mol. The number of aromatic nitrogens is 2. The molecule has 150 valence electrons. The van der Waals surface area contributed by atoms with Gasteiger partial charge in [-0.15, -0.1) is 5.10 Å². The van der Waals surface area contributed by atoms with Crippen molar-refractivity contribution < 1.29 is 17.6 Å². The number of benzene rings is 2. The number of sulfonamides is 1. The minimum Gasteiger partial charge on any atom is -0.403 e. The second kappa shape index (κ2) is 8.05. The average Bonchev–Trinajstić information content (AvgIpc) is 3.41. The van der Waals surface area contributed by atoms with Gasteiger partial charge < -0.3 is 4.42 Å². The first-order valence-electron chi connectivity index (χ1n) is 8.94. The standard InChI is InChI=1S/C19H17BrN4O4S/c20-15-7-3-14(4-8-15)18-22-23-19(28-18)21-17(25)13-5-9-16(10-6-13)29(26,27)24-11-1-2-12-24/h3-10H,1-2,11-12H2,(H,21,23,25). The number of nitrogens with zero attached hydrogens (tertiary/aromatic N) is 3. The van der Waals surface area contributed by atoms with Crippen LogP contribution in [-0.2, 0) is 10.0 Å². The van der Waals surface area contributed by atoms with E-state index in [0.29, 0.717) is 13.1 Å². The Kier molecular flexibility index (Phi) is 5.48. The number of carbonyl (C=O) groups is 1. The summed E-state index contributed by atoms with van der Waals surface area (Å²) in [6, 6.07) is 13.1. The van der Waals surface area contributed by atoms with Gasteiger partial charge in [0.1, 0.15) is 0 Å². The van der Waals surface area contributed by atoms with Crippen LogP contribution in [0.25, 0.3) is 11.5 Å². The third kappa shape index (κ3) is 4.24. The van der Waals surface area contributed by atoms with Crippen molar-refractivity contribution in [2.24, 2.45) is 0 Å². The Bertz CT molecular complexity index is 1120. The summed E-state index contributed by atoms with van der Waals surface area (Å²) in [5.41, 5.74) is 1.01. The Morgan fingerprint density at radius 2 is 1.66 bits per heavy atom. The number of rotatable bonds is 5. The third-order valence-corrected chi connectivity index (χ3v) is 7.00. The monoisotopic (exact) mass is 476 g/mol. The summed E-state index contributed by atoms with van der Waals surface area (Å²) >= 11 is 3.35. The molecule has 0 saturated carbocycles. The van der Waals surface area contributed by atoms with Gasteiger partial charge in [0.2, 0.25) is 15.9 Å². The minimum absolute atomic E-state index is 0.0401. The van der Waals surface area contributed by atoms with Gasteiger partial charge in [0.15, 0.2) is 0 Å². The molecule has 1 fully saturated rings. The molecule has 0 unspecified atom stereocenters. The van der Waals surface area contributed by atoms with Crippen LogP contribution < -0.4 is 5.32 Å². The summed E-state index contributed by atoms with van der Waals surface area (Å²) in [5, 5.41) is 10.3. The van der Waals surface area contributed by atoms with Gasteiger partial charge in [0, 0.05) is 28.7 Å². The van der Waals surface area contributed by atoms with Crippen LogP contribution in [0.3, 0.4) is 0 Å². The van der Waals surface area contributed by atoms with Gasteiger partial charge in [-0.3, -0.25) is 10.1 Å². The van der Waals surface area contributed by atoms with Gasteiger partial charge in [-0.2, -0.15) is 4.31 Å². The van der Waals surface area contributed by atoms with Gasteiger partial charge in [0.25, 0.3) is 5.91 Å². The van der Waals surface area contributed by atoms with Crippen molar-refractivity contribution in [3.05, 3.63) is 58.6 Å². The zero-order valence-corrected chi connectivity index (χ0v) is 17.6. The smallest absolute Gasteiger partial charge is 0.322 e. The van der Waals surface area contributed by atoms with Crippen LogP contribution in [0.4, 0.5) is 6.01 Å². The van der Waals surface area contributed by atoms with Crippen LogP contribution in [-0.4, -0.2) is 41.9 Å². The lowest BCUT2D eigenvalue weighted by atomic mass is 10.2. The molecule has 2 heterocycles. The van der Waals surface area contributed by atoms with E-state index in [-0.39, 0.29) is 22.4 Å². The number of carbonyl (C=O) groups excluding carboxylic acids is 1. The molecule has 1 aliphatic heterocycles. The van der Waals surface area contributed by atoms with Crippen LogP contribution in [0.15, 0.2) is 62.3 Å². The van der Waals surface area contributed by atoms with E-state index in [2.05, 4.69) is 31.4 Å². The fourth-order valence-electron chi connectivity index (χ4n) is 3.01. The lowest BCUT2D eigenvalue weighted by molar-refractivity contribution is 0.102. The molecule has 0 atom stereocenters. The Morgan fingerprint density at radius 3 is 2.31 bits per heavy atom. The van der Waals surface area contributed by atoms with E-state index >= 15 is 0 Å². The molecule has 1 amide bonds. The first-order chi connectivity index (χ1) is 13.9. The molecule has 10 heteroatoms. The Labute approximate surface area is 176 Å². The normalized spacial score (nSPS) is 14.8. The van der Waals surface area contributed by atoms with E-state index in [0.717, 1.165) is 22.9 Å². The summed E-state index contributed by atoms with van der Waals surface area (Å²) in [4.78, 5) is 12.6. The molecule has 0 spiro atoms. The molecule has 1 aliphatic rings. The highest BCUT2D eigenvalue weighted by molar-refractivity contribution is 9.10. The van der Waals surface area contributed by atoms with Crippen molar-refractivity contribution in [1.82, 2.24) is 14.5 Å². The van der Waals surface area contributed by atoms with Gasteiger partial charge in [-0.25, -0.2) is 8.42 Å². The van der Waals surface area contributed by atoms with Crippen molar-refractivity contribution in [2.75, 3.05) is 18.4 Å². The summed E-state index contributed by atoms with van der Waals surface area (Å²) < 4.78 is 33.0. The number of halogens is 1. The Morgan fingerprint density at radius 1 is 1.00 bits per heavy atom. The predicted octanol–water partition coefficient (Wildman–Crippen LogP) is 3.54. The largest absolute Gasteiger partial charge is 0.403 e. The van der Waals surface area contributed by atoms with Crippen LogP contribution >= 0.6 is 15.9 Å². The van der Waals surface area contributed by atoms with Crippen molar-refractivity contribution >= 4 is 37.9 Å². The van der Waals surface area contributed by atoms with E-state index in [1.54, 1.807) is 0 Å². The quantitative estimate of drug-likeness (QED) is 0.603. The Balaban J connectivity index is 1.46. The molecule has 4 rings (SSSR count). The third-order valence-electron chi connectivity index (χ3n) is 4.56. The van der Waals surface area contributed by atoms with Crippen LogP contribution in [0, 0.1) is 0 Å². The maximum Gasteiger partial charge on any atom is 0.322 e. The SMILES string of the molecule is O=C(Nc1nnc(-c2ccc(Br)cc2)o1)c1ccc(S(=O)(=O)N2CCCC2)cc1. The second-order valence-electron chi connectivity index (χ2n) is 6.51. The van der Waals surface area contributed by atoms with E-state index in [4.69, 9.17) is 4.42 Å². The molecule has 1 saturated heterocycles. The Hall–Kier alpha value is -2.56. The lowest BCUT2D eigenvalue weighted by Crippen LogP contribution is -2.27. The van der Waals surface area contributed by atoms with Crippen LogP contribution in [0.1, 0.15) is 23.2 Å². The van der Waals surface area contributed by atoms with Gasteiger partial charge in [0.05, 0.1) is 4.90 Å². The molecular formula is C19H17BrN4O4S. The highest BCUT2D eigenvalue weighted by Gasteiger charge is 2.27.